The van der Waals surface area contributed by atoms with E-state index < -0.39 is 0 Å². The van der Waals surface area contributed by atoms with E-state index >= 15 is 0 Å². The van der Waals surface area contributed by atoms with Gasteiger partial charge in [-0.25, -0.2) is 0 Å². The second kappa shape index (κ2) is 7.74. The predicted octanol–water partition coefficient (Wildman–Crippen LogP) is 4.27. The average molecular weight is 272 g/mol. The van der Waals surface area contributed by atoms with Gasteiger partial charge in [-0.15, -0.1) is 0 Å². The first kappa shape index (κ1) is 13.8. The molecule has 0 bridgehead atoms. The van der Waals surface area contributed by atoms with E-state index in [0.29, 0.717) is 0 Å². The summed E-state index contributed by atoms with van der Waals surface area (Å²) in [5, 5.41) is 3.43. The van der Waals surface area contributed by atoms with Crippen LogP contribution in [0.25, 0.3) is 0 Å². The summed E-state index contributed by atoms with van der Waals surface area (Å²) in [6.07, 6.45) is 1.15. The molecule has 0 fully saturated rings. The van der Waals surface area contributed by atoms with Crippen LogP contribution in [0.1, 0.15) is 6.42 Å². The van der Waals surface area contributed by atoms with Gasteiger partial charge in [-0.2, -0.15) is 0 Å². The van der Waals surface area contributed by atoms with E-state index in [1.54, 1.807) is 0 Å². The fraction of sp³-hybridized carbons (Fsp3) is 0.250. The standard InChI is InChI=1S/C16H20N2S/c1-18(16-11-6-3-7-12-16)19-14-8-13-17-15-9-4-2-5-10-15/h2-7,9-12,17H,8,13-14H2,1H3. The largest absolute Gasteiger partial charge is 0.385 e. The van der Waals surface area contributed by atoms with E-state index in [1.807, 2.05) is 24.1 Å². The summed E-state index contributed by atoms with van der Waals surface area (Å²) in [6.45, 7) is 1.01. The van der Waals surface area contributed by atoms with Crippen molar-refractivity contribution in [1.82, 2.24) is 0 Å². The third-order valence-electron chi connectivity index (χ3n) is 2.83. The van der Waals surface area contributed by atoms with Crippen molar-refractivity contribution in [3.63, 3.8) is 0 Å². The van der Waals surface area contributed by atoms with Crippen LogP contribution in [0, 0.1) is 0 Å². The maximum atomic E-state index is 3.43. The van der Waals surface area contributed by atoms with Crippen molar-refractivity contribution < 1.29 is 0 Å². The Hall–Kier alpha value is -1.61. The SMILES string of the molecule is CN(SCCCNc1ccccc1)c1ccccc1. The lowest BCUT2D eigenvalue weighted by atomic mass is 10.3. The molecule has 0 spiro atoms. The Bertz CT molecular complexity index is 459. The van der Waals surface area contributed by atoms with Crippen molar-refractivity contribution in [3.05, 3.63) is 60.7 Å². The second-order valence-electron chi connectivity index (χ2n) is 4.31. The minimum absolute atomic E-state index is 1.01. The first-order chi connectivity index (χ1) is 9.36. The lowest BCUT2D eigenvalue weighted by Crippen LogP contribution is -2.09. The highest BCUT2D eigenvalue weighted by atomic mass is 32.2. The van der Waals surface area contributed by atoms with Gasteiger partial charge in [0, 0.05) is 30.7 Å². The van der Waals surface area contributed by atoms with Gasteiger partial charge >= 0.3 is 0 Å². The van der Waals surface area contributed by atoms with Crippen molar-refractivity contribution in [2.75, 3.05) is 29.0 Å². The molecule has 2 aromatic carbocycles. The zero-order valence-corrected chi connectivity index (χ0v) is 12.1. The molecule has 0 saturated heterocycles. The fourth-order valence-electron chi connectivity index (χ4n) is 1.77. The zero-order valence-electron chi connectivity index (χ0n) is 11.3. The van der Waals surface area contributed by atoms with Crippen LogP contribution in [0.2, 0.25) is 0 Å². The third kappa shape index (κ3) is 4.87. The molecular weight excluding hydrogens is 252 g/mol. The van der Waals surface area contributed by atoms with Crippen molar-refractivity contribution in [1.29, 1.82) is 0 Å². The Kier molecular flexibility index (Phi) is 5.63. The van der Waals surface area contributed by atoms with E-state index in [4.69, 9.17) is 0 Å². The highest BCUT2D eigenvalue weighted by molar-refractivity contribution is 8.00. The fourth-order valence-corrected chi connectivity index (χ4v) is 2.59. The summed E-state index contributed by atoms with van der Waals surface area (Å²) in [7, 11) is 2.12. The lowest BCUT2D eigenvalue weighted by Gasteiger charge is -2.17. The number of nitrogens with zero attached hydrogens (tertiary/aromatic N) is 1. The number of para-hydroxylation sites is 2. The molecule has 0 saturated carbocycles. The van der Waals surface area contributed by atoms with Gasteiger partial charge in [0.2, 0.25) is 0 Å². The lowest BCUT2D eigenvalue weighted by molar-refractivity contribution is 0.990. The Balaban J connectivity index is 1.62. The van der Waals surface area contributed by atoms with Gasteiger partial charge in [0.1, 0.15) is 0 Å². The Morgan fingerprint density at radius 3 is 2.26 bits per heavy atom. The number of hydrogen-bond donors (Lipinski definition) is 1. The highest BCUT2D eigenvalue weighted by Gasteiger charge is 1.99. The van der Waals surface area contributed by atoms with E-state index in [0.717, 1.165) is 18.7 Å². The monoisotopic (exact) mass is 272 g/mol. The molecule has 1 N–H and O–H groups in total. The van der Waals surface area contributed by atoms with Gasteiger partial charge in [0.25, 0.3) is 0 Å². The zero-order chi connectivity index (χ0) is 13.3. The molecule has 2 nitrogen and oxygen atoms in total. The first-order valence-electron chi connectivity index (χ1n) is 6.57. The van der Waals surface area contributed by atoms with Crippen LogP contribution >= 0.6 is 11.9 Å². The minimum atomic E-state index is 1.01. The average Bonchev–Trinajstić information content (AvgIpc) is 2.49. The van der Waals surface area contributed by atoms with Gasteiger partial charge in [-0.3, -0.25) is 0 Å². The van der Waals surface area contributed by atoms with Crippen molar-refractivity contribution in [2.24, 2.45) is 0 Å². The molecular formula is C16H20N2S. The summed E-state index contributed by atoms with van der Waals surface area (Å²) in [5.41, 5.74) is 2.45. The van der Waals surface area contributed by atoms with Gasteiger partial charge in [-0.05, 0) is 30.7 Å². The Morgan fingerprint density at radius 1 is 0.947 bits per heavy atom. The molecule has 19 heavy (non-hydrogen) atoms. The van der Waals surface area contributed by atoms with Crippen LogP contribution < -0.4 is 9.62 Å². The third-order valence-corrected chi connectivity index (χ3v) is 3.90. The molecule has 0 aromatic heterocycles. The maximum Gasteiger partial charge on any atom is 0.0466 e. The second-order valence-corrected chi connectivity index (χ2v) is 5.53. The number of anilines is 2. The number of nitrogens with one attached hydrogen (secondary N) is 1. The number of benzene rings is 2. The summed E-state index contributed by atoms with van der Waals surface area (Å²) >= 11 is 1.86. The maximum absolute atomic E-state index is 3.43. The topological polar surface area (TPSA) is 15.3 Å². The molecule has 0 aliphatic heterocycles. The van der Waals surface area contributed by atoms with Crippen LogP contribution in [0.4, 0.5) is 11.4 Å². The highest BCUT2D eigenvalue weighted by Crippen LogP contribution is 2.19. The van der Waals surface area contributed by atoms with E-state index in [1.165, 1.54) is 11.4 Å². The van der Waals surface area contributed by atoms with Crippen LogP contribution in [-0.2, 0) is 0 Å². The van der Waals surface area contributed by atoms with Crippen LogP contribution in [-0.4, -0.2) is 19.3 Å². The molecule has 2 aromatic rings. The molecule has 0 amide bonds. The van der Waals surface area contributed by atoms with Crippen LogP contribution in [0.3, 0.4) is 0 Å². The number of rotatable bonds is 7. The molecule has 0 aliphatic carbocycles. The molecule has 0 heterocycles. The first-order valence-corrected chi connectivity index (χ1v) is 7.51. The van der Waals surface area contributed by atoms with E-state index in [2.05, 4.69) is 65.2 Å². The van der Waals surface area contributed by atoms with E-state index in [9.17, 15) is 0 Å². The summed E-state index contributed by atoms with van der Waals surface area (Å²) in [5.74, 6) is 1.12. The quantitative estimate of drug-likeness (QED) is 0.598. The molecule has 100 valence electrons. The molecule has 0 radical (unpaired) electrons. The summed E-state index contributed by atoms with van der Waals surface area (Å²) < 4.78 is 2.22. The van der Waals surface area contributed by atoms with Gasteiger partial charge in [0.15, 0.2) is 0 Å². The number of hydrogen-bond acceptors (Lipinski definition) is 3. The van der Waals surface area contributed by atoms with Crippen LogP contribution in [0.15, 0.2) is 60.7 Å². The predicted molar refractivity (Wildman–Crippen MR) is 86.9 cm³/mol. The molecule has 0 unspecified atom stereocenters. The minimum Gasteiger partial charge on any atom is -0.385 e. The van der Waals surface area contributed by atoms with Crippen molar-refractivity contribution >= 4 is 23.3 Å². The smallest absolute Gasteiger partial charge is 0.0466 e. The molecule has 0 aliphatic rings. The van der Waals surface area contributed by atoms with Gasteiger partial charge < -0.3 is 9.62 Å². The normalized spacial score (nSPS) is 10.2. The van der Waals surface area contributed by atoms with Crippen LogP contribution in [0.5, 0.6) is 0 Å². The Morgan fingerprint density at radius 2 is 1.58 bits per heavy atom. The molecule has 0 atom stereocenters. The van der Waals surface area contributed by atoms with Gasteiger partial charge in [-0.1, -0.05) is 48.3 Å². The Labute approximate surface area is 120 Å². The summed E-state index contributed by atoms with van der Waals surface area (Å²) in [6, 6.07) is 20.8. The summed E-state index contributed by atoms with van der Waals surface area (Å²) in [4.78, 5) is 0. The molecule has 3 heteroatoms. The van der Waals surface area contributed by atoms with Crippen molar-refractivity contribution in [3.8, 4) is 0 Å². The van der Waals surface area contributed by atoms with E-state index in [-0.39, 0.29) is 0 Å². The van der Waals surface area contributed by atoms with Gasteiger partial charge in [0.05, 0.1) is 0 Å². The molecule has 2 rings (SSSR count). The van der Waals surface area contributed by atoms with Crippen molar-refractivity contribution in [2.45, 2.75) is 6.42 Å².